The molecule has 0 aliphatic carbocycles. The van der Waals surface area contributed by atoms with Gasteiger partial charge >= 0.3 is 0 Å². The summed E-state index contributed by atoms with van der Waals surface area (Å²) in [4.78, 5) is 25.9. The quantitative estimate of drug-likeness (QED) is 0.743. The van der Waals surface area contributed by atoms with Crippen LogP contribution in [0.4, 0.5) is 0 Å². The van der Waals surface area contributed by atoms with Gasteiger partial charge in [0.15, 0.2) is 0 Å². The van der Waals surface area contributed by atoms with Crippen molar-refractivity contribution in [3.63, 3.8) is 0 Å². The van der Waals surface area contributed by atoms with E-state index in [0.717, 1.165) is 16.7 Å². The molecule has 2 aromatic carbocycles. The molecule has 0 saturated heterocycles. The highest BCUT2D eigenvalue weighted by atomic mass is 16.3. The van der Waals surface area contributed by atoms with E-state index in [2.05, 4.69) is 5.32 Å². The number of amides is 2. The minimum Gasteiger partial charge on any atom is -0.472 e. The van der Waals surface area contributed by atoms with Gasteiger partial charge in [-0.25, -0.2) is 0 Å². The van der Waals surface area contributed by atoms with Crippen molar-refractivity contribution in [2.24, 2.45) is 0 Å². The molecule has 0 radical (unpaired) electrons. The second kappa shape index (κ2) is 8.16. The lowest BCUT2D eigenvalue weighted by Gasteiger charge is -2.19. The van der Waals surface area contributed by atoms with E-state index in [1.54, 1.807) is 18.0 Å². The number of rotatable bonds is 6. The van der Waals surface area contributed by atoms with Crippen molar-refractivity contribution in [2.45, 2.75) is 6.54 Å². The van der Waals surface area contributed by atoms with Gasteiger partial charge in [-0.1, -0.05) is 54.6 Å². The third-order valence-electron chi connectivity index (χ3n) is 4.12. The molecule has 1 heterocycles. The second-order valence-corrected chi connectivity index (χ2v) is 5.97. The summed E-state index contributed by atoms with van der Waals surface area (Å²) >= 11 is 0. The zero-order chi connectivity index (χ0) is 18.4. The van der Waals surface area contributed by atoms with Crippen LogP contribution in [0, 0.1) is 0 Å². The number of hydrogen-bond acceptors (Lipinski definition) is 3. The summed E-state index contributed by atoms with van der Waals surface area (Å²) in [5, 5.41) is 2.61. The Morgan fingerprint density at radius 2 is 1.73 bits per heavy atom. The molecule has 1 N–H and O–H groups in total. The summed E-state index contributed by atoms with van der Waals surface area (Å²) in [7, 11) is 1.73. The minimum absolute atomic E-state index is 0.0615. The predicted molar refractivity (Wildman–Crippen MR) is 99.4 cm³/mol. The van der Waals surface area contributed by atoms with Gasteiger partial charge in [-0.05, 0) is 22.8 Å². The van der Waals surface area contributed by atoms with Crippen molar-refractivity contribution in [1.82, 2.24) is 10.2 Å². The normalized spacial score (nSPS) is 10.3. The van der Waals surface area contributed by atoms with E-state index in [4.69, 9.17) is 4.42 Å². The molecule has 2 amide bonds. The Morgan fingerprint density at radius 3 is 2.46 bits per heavy atom. The summed E-state index contributed by atoms with van der Waals surface area (Å²) in [6.45, 7) is 0.402. The molecule has 0 fully saturated rings. The van der Waals surface area contributed by atoms with Crippen LogP contribution >= 0.6 is 0 Å². The Labute approximate surface area is 152 Å². The maximum absolute atomic E-state index is 12.4. The fraction of sp³-hybridized carbons (Fsp3) is 0.143. The maximum atomic E-state index is 12.4. The van der Waals surface area contributed by atoms with Gasteiger partial charge in [0.2, 0.25) is 5.91 Å². The average molecular weight is 348 g/mol. The zero-order valence-electron chi connectivity index (χ0n) is 14.5. The van der Waals surface area contributed by atoms with E-state index in [1.807, 2.05) is 54.6 Å². The molecular weight excluding hydrogens is 328 g/mol. The zero-order valence-corrected chi connectivity index (χ0v) is 14.5. The second-order valence-electron chi connectivity index (χ2n) is 5.97. The topological polar surface area (TPSA) is 62.6 Å². The van der Waals surface area contributed by atoms with E-state index in [-0.39, 0.29) is 18.4 Å². The van der Waals surface area contributed by atoms with Gasteiger partial charge in [-0.15, -0.1) is 0 Å². The number of carbonyl (C=O) groups is 2. The Bertz CT molecular complexity index is 873. The van der Waals surface area contributed by atoms with E-state index >= 15 is 0 Å². The third kappa shape index (κ3) is 4.19. The predicted octanol–water partition coefficient (Wildman–Crippen LogP) is 3.34. The number of nitrogens with zero attached hydrogens (tertiary/aromatic N) is 1. The van der Waals surface area contributed by atoms with Gasteiger partial charge < -0.3 is 14.6 Å². The van der Waals surface area contributed by atoms with Crippen LogP contribution in [0.5, 0.6) is 0 Å². The van der Waals surface area contributed by atoms with E-state index in [9.17, 15) is 9.59 Å². The molecule has 0 saturated carbocycles. The van der Waals surface area contributed by atoms with Crippen LogP contribution in [0.25, 0.3) is 11.1 Å². The molecule has 132 valence electrons. The van der Waals surface area contributed by atoms with E-state index in [0.29, 0.717) is 12.1 Å². The molecule has 0 bridgehead atoms. The first-order valence-electron chi connectivity index (χ1n) is 8.33. The summed E-state index contributed by atoms with van der Waals surface area (Å²) in [5.74, 6) is -0.491. The first-order chi connectivity index (χ1) is 12.6. The maximum Gasteiger partial charge on any atom is 0.254 e. The molecule has 1 aromatic heterocycles. The molecule has 5 heteroatoms. The van der Waals surface area contributed by atoms with E-state index in [1.165, 1.54) is 12.5 Å². The van der Waals surface area contributed by atoms with Crippen LogP contribution in [0.15, 0.2) is 77.6 Å². The SMILES string of the molecule is CN(Cc1ccccc1-c1ccccc1)C(=O)CNC(=O)c1ccoc1. The van der Waals surface area contributed by atoms with Crippen LogP contribution in [-0.4, -0.2) is 30.3 Å². The van der Waals surface area contributed by atoms with Crippen molar-refractivity contribution in [1.29, 1.82) is 0 Å². The standard InChI is InChI=1S/C21H20N2O3/c1-23(20(24)13-22-21(25)18-11-12-26-15-18)14-17-9-5-6-10-19(17)16-7-3-2-4-8-16/h2-12,15H,13-14H2,1H3,(H,22,25). The van der Waals surface area contributed by atoms with Gasteiger partial charge in [0.1, 0.15) is 6.26 Å². The molecule has 0 aliphatic heterocycles. The lowest BCUT2D eigenvalue weighted by Crippen LogP contribution is -2.37. The summed E-state index contributed by atoms with van der Waals surface area (Å²) in [6.07, 6.45) is 2.77. The first-order valence-corrected chi connectivity index (χ1v) is 8.33. The van der Waals surface area contributed by atoms with Gasteiger partial charge in [-0.2, -0.15) is 0 Å². The van der Waals surface area contributed by atoms with Crippen LogP contribution in [-0.2, 0) is 11.3 Å². The van der Waals surface area contributed by atoms with E-state index < -0.39 is 0 Å². The number of carbonyl (C=O) groups excluding carboxylic acids is 2. The number of likely N-dealkylation sites (N-methyl/N-ethyl adjacent to an activating group) is 1. The molecule has 0 aliphatic rings. The Kier molecular flexibility index (Phi) is 5.49. The Hall–Kier alpha value is -3.34. The molecular formula is C21H20N2O3. The van der Waals surface area contributed by atoms with Crippen LogP contribution in [0.3, 0.4) is 0 Å². The summed E-state index contributed by atoms with van der Waals surface area (Å²) in [6, 6.07) is 19.6. The Morgan fingerprint density at radius 1 is 1.00 bits per heavy atom. The highest BCUT2D eigenvalue weighted by Gasteiger charge is 2.14. The lowest BCUT2D eigenvalue weighted by atomic mass is 9.99. The average Bonchev–Trinajstić information content (AvgIpc) is 3.22. The molecule has 0 spiro atoms. The van der Waals surface area contributed by atoms with Crippen molar-refractivity contribution in [3.05, 3.63) is 84.3 Å². The number of nitrogens with one attached hydrogen (secondary N) is 1. The van der Waals surface area contributed by atoms with Crippen molar-refractivity contribution < 1.29 is 14.0 Å². The molecule has 5 nitrogen and oxygen atoms in total. The fourth-order valence-electron chi connectivity index (χ4n) is 2.69. The van der Waals surface area contributed by atoms with Crippen LogP contribution in [0.2, 0.25) is 0 Å². The summed E-state index contributed by atoms with van der Waals surface area (Å²) < 4.78 is 4.87. The largest absolute Gasteiger partial charge is 0.472 e. The molecule has 0 atom stereocenters. The highest BCUT2D eigenvalue weighted by Crippen LogP contribution is 2.24. The molecule has 26 heavy (non-hydrogen) atoms. The highest BCUT2D eigenvalue weighted by molar-refractivity contribution is 5.96. The van der Waals surface area contributed by atoms with Gasteiger partial charge in [-0.3, -0.25) is 9.59 Å². The molecule has 3 rings (SSSR count). The molecule has 3 aromatic rings. The van der Waals surface area contributed by atoms with Gasteiger partial charge in [0.05, 0.1) is 18.4 Å². The number of furan rings is 1. The summed E-state index contributed by atoms with van der Waals surface area (Å²) in [5.41, 5.74) is 3.65. The van der Waals surface area contributed by atoms with Crippen molar-refractivity contribution in [2.75, 3.05) is 13.6 Å². The number of hydrogen-bond donors (Lipinski definition) is 1. The number of benzene rings is 2. The smallest absolute Gasteiger partial charge is 0.254 e. The lowest BCUT2D eigenvalue weighted by molar-refractivity contribution is -0.129. The van der Waals surface area contributed by atoms with Gasteiger partial charge in [0, 0.05) is 13.6 Å². The molecule has 0 unspecified atom stereocenters. The Balaban J connectivity index is 1.64. The van der Waals surface area contributed by atoms with Crippen LogP contribution in [0.1, 0.15) is 15.9 Å². The van der Waals surface area contributed by atoms with Gasteiger partial charge in [0.25, 0.3) is 5.91 Å². The fourth-order valence-corrected chi connectivity index (χ4v) is 2.69. The third-order valence-corrected chi connectivity index (χ3v) is 4.12. The first kappa shape index (κ1) is 17.5. The van der Waals surface area contributed by atoms with Crippen molar-refractivity contribution in [3.8, 4) is 11.1 Å². The monoisotopic (exact) mass is 348 g/mol. The minimum atomic E-state index is -0.329. The van der Waals surface area contributed by atoms with Crippen LogP contribution < -0.4 is 5.32 Å². The van der Waals surface area contributed by atoms with Crippen molar-refractivity contribution >= 4 is 11.8 Å².